The van der Waals surface area contributed by atoms with Gasteiger partial charge in [-0.15, -0.1) is 0 Å². The van der Waals surface area contributed by atoms with E-state index in [-0.39, 0.29) is 17.8 Å². The van der Waals surface area contributed by atoms with E-state index in [1.54, 1.807) is 7.05 Å². The van der Waals surface area contributed by atoms with E-state index in [0.29, 0.717) is 5.56 Å². The van der Waals surface area contributed by atoms with Gasteiger partial charge in [-0.1, -0.05) is 0 Å². The van der Waals surface area contributed by atoms with Crippen LogP contribution in [0.1, 0.15) is 5.56 Å². The summed E-state index contributed by atoms with van der Waals surface area (Å²) < 4.78 is 2.42. The van der Waals surface area contributed by atoms with Crippen LogP contribution in [0, 0.1) is 0 Å². The Morgan fingerprint density at radius 1 is 1.43 bits per heavy atom. The van der Waals surface area contributed by atoms with Crippen LogP contribution in [-0.2, 0) is 25.5 Å². The summed E-state index contributed by atoms with van der Waals surface area (Å²) in [6.45, 7) is 0.275. The van der Waals surface area contributed by atoms with Gasteiger partial charge >= 0.3 is 5.69 Å². The van der Waals surface area contributed by atoms with E-state index >= 15 is 0 Å². The lowest BCUT2D eigenvalue weighted by atomic mass is 10.3. The van der Waals surface area contributed by atoms with Crippen LogP contribution < -0.4 is 16.7 Å². The number of aryl methyl sites for hydroxylation is 1. The lowest BCUT2D eigenvalue weighted by Crippen LogP contribution is -2.39. The highest BCUT2D eigenvalue weighted by atomic mass is 16.6. The molecule has 6 nitrogen and oxygen atoms in total. The molecule has 78 valence electrons. The lowest BCUT2D eigenvalue weighted by molar-refractivity contribution is 0.0861. The van der Waals surface area contributed by atoms with Gasteiger partial charge in [-0.25, -0.2) is 4.79 Å². The molecule has 6 heteroatoms. The third-order valence-corrected chi connectivity index (χ3v) is 1.92. The molecular weight excluding hydrogens is 186 g/mol. The smallest absolute Gasteiger partial charge is 0.305 e. The Labute approximate surface area is 80.7 Å². The average molecular weight is 199 g/mol. The van der Waals surface area contributed by atoms with Crippen molar-refractivity contribution in [2.75, 3.05) is 7.11 Å². The minimum atomic E-state index is -0.337. The van der Waals surface area contributed by atoms with Gasteiger partial charge in [0, 0.05) is 20.3 Å². The van der Waals surface area contributed by atoms with Crippen molar-refractivity contribution in [2.24, 2.45) is 14.1 Å². The largest absolute Gasteiger partial charge is 0.330 e. The zero-order chi connectivity index (χ0) is 10.7. The molecule has 0 saturated carbocycles. The second kappa shape index (κ2) is 4.21. The molecule has 1 aromatic heterocycles. The maximum Gasteiger partial charge on any atom is 0.330 e. The molecule has 0 aliphatic rings. The van der Waals surface area contributed by atoms with Gasteiger partial charge in [0.25, 0.3) is 5.56 Å². The topological polar surface area (TPSA) is 65.3 Å². The summed E-state index contributed by atoms with van der Waals surface area (Å²) in [5.41, 5.74) is 2.39. The van der Waals surface area contributed by atoms with E-state index < -0.39 is 0 Å². The molecule has 0 aliphatic heterocycles. The standard InChI is InChI=1S/C8H13N3O3/c1-10-5-6(4-9-14-3)7(12)11(2)8(10)13/h5,9H,4H2,1-3H3. The number of hydrogen-bond donors (Lipinski definition) is 1. The third kappa shape index (κ3) is 1.91. The van der Waals surface area contributed by atoms with E-state index in [9.17, 15) is 9.59 Å². The molecule has 0 unspecified atom stereocenters. The van der Waals surface area contributed by atoms with Gasteiger partial charge in [0.15, 0.2) is 0 Å². The predicted molar refractivity (Wildman–Crippen MR) is 50.8 cm³/mol. The highest BCUT2D eigenvalue weighted by Crippen LogP contribution is 1.86. The zero-order valence-electron chi connectivity index (χ0n) is 8.40. The van der Waals surface area contributed by atoms with Crippen molar-refractivity contribution in [2.45, 2.75) is 6.54 Å². The van der Waals surface area contributed by atoms with Crippen molar-refractivity contribution in [1.29, 1.82) is 0 Å². The third-order valence-electron chi connectivity index (χ3n) is 1.92. The van der Waals surface area contributed by atoms with Crippen LogP contribution in [0.4, 0.5) is 0 Å². The van der Waals surface area contributed by atoms with E-state index in [4.69, 9.17) is 0 Å². The molecule has 1 rings (SSSR count). The number of hydroxylamine groups is 1. The van der Waals surface area contributed by atoms with Crippen LogP contribution in [0.2, 0.25) is 0 Å². The van der Waals surface area contributed by atoms with Gasteiger partial charge < -0.3 is 9.40 Å². The monoisotopic (exact) mass is 199 g/mol. The van der Waals surface area contributed by atoms with E-state index in [2.05, 4.69) is 10.3 Å². The van der Waals surface area contributed by atoms with Crippen molar-refractivity contribution in [1.82, 2.24) is 14.6 Å². The Balaban J connectivity index is 3.20. The Hall–Kier alpha value is -1.40. The van der Waals surface area contributed by atoms with Gasteiger partial charge in [0.05, 0.1) is 19.2 Å². The highest BCUT2D eigenvalue weighted by Gasteiger charge is 2.05. The predicted octanol–water partition coefficient (Wildman–Crippen LogP) is -1.26. The zero-order valence-corrected chi connectivity index (χ0v) is 8.40. The fraction of sp³-hybridized carbons (Fsp3) is 0.500. The summed E-state index contributed by atoms with van der Waals surface area (Å²) >= 11 is 0. The average Bonchev–Trinajstić information content (AvgIpc) is 2.18. The summed E-state index contributed by atoms with van der Waals surface area (Å²) in [6, 6.07) is 0. The van der Waals surface area contributed by atoms with Gasteiger partial charge in [0.2, 0.25) is 0 Å². The fourth-order valence-electron chi connectivity index (χ4n) is 1.15. The highest BCUT2D eigenvalue weighted by molar-refractivity contribution is 5.04. The maximum atomic E-state index is 11.5. The molecule has 0 fully saturated rings. The van der Waals surface area contributed by atoms with Crippen LogP contribution in [0.25, 0.3) is 0 Å². The fourth-order valence-corrected chi connectivity index (χ4v) is 1.15. The summed E-state index contributed by atoms with van der Waals surface area (Å²) in [4.78, 5) is 27.4. The van der Waals surface area contributed by atoms with Crippen molar-refractivity contribution in [3.05, 3.63) is 32.6 Å². The normalized spacial score (nSPS) is 10.5. The Morgan fingerprint density at radius 2 is 2.07 bits per heavy atom. The molecule has 0 spiro atoms. The number of rotatable bonds is 3. The number of nitrogens with one attached hydrogen (secondary N) is 1. The molecule has 0 bridgehead atoms. The molecule has 0 saturated heterocycles. The van der Waals surface area contributed by atoms with Gasteiger partial charge in [0.1, 0.15) is 0 Å². The summed E-state index contributed by atoms with van der Waals surface area (Å²) in [7, 11) is 4.51. The van der Waals surface area contributed by atoms with Gasteiger partial charge in [-0.3, -0.25) is 9.36 Å². The molecule has 1 N–H and O–H groups in total. The first-order chi connectivity index (χ1) is 6.57. The van der Waals surface area contributed by atoms with Gasteiger partial charge in [-0.05, 0) is 0 Å². The second-order valence-electron chi connectivity index (χ2n) is 2.94. The summed E-state index contributed by atoms with van der Waals surface area (Å²) in [5, 5.41) is 0. The number of hydrogen-bond acceptors (Lipinski definition) is 4. The van der Waals surface area contributed by atoms with Crippen molar-refractivity contribution in [3.63, 3.8) is 0 Å². The van der Waals surface area contributed by atoms with Gasteiger partial charge in [-0.2, -0.15) is 5.48 Å². The maximum absolute atomic E-state index is 11.5. The lowest BCUT2D eigenvalue weighted by Gasteiger charge is -2.06. The molecule has 0 aromatic carbocycles. The van der Waals surface area contributed by atoms with Crippen molar-refractivity contribution >= 4 is 0 Å². The molecule has 0 aliphatic carbocycles. The Bertz CT molecular complexity index is 432. The number of aromatic nitrogens is 2. The summed E-state index contributed by atoms with van der Waals surface area (Å²) in [5.74, 6) is 0. The van der Waals surface area contributed by atoms with E-state index in [0.717, 1.165) is 4.57 Å². The molecule has 0 amide bonds. The Kier molecular flexibility index (Phi) is 3.21. The van der Waals surface area contributed by atoms with Crippen LogP contribution in [0.5, 0.6) is 0 Å². The molecule has 0 atom stereocenters. The Morgan fingerprint density at radius 3 is 2.64 bits per heavy atom. The van der Waals surface area contributed by atoms with Crippen LogP contribution in [0.3, 0.4) is 0 Å². The molecule has 0 radical (unpaired) electrons. The van der Waals surface area contributed by atoms with Crippen molar-refractivity contribution in [3.8, 4) is 0 Å². The van der Waals surface area contributed by atoms with Crippen molar-refractivity contribution < 1.29 is 4.84 Å². The van der Waals surface area contributed by atoms with Crippen LogP contribution >= 0.6 is 0 Å². The minimum Gasteiger partial charge on any atom is -0.305 e. The van der Waals surface area contributed by atoms with E-state index in [1.165, 1.54) is 24.9 Å². The number of nitrogens with zero attached hydrogens (tertiary/aromatic N) is 2. The molecule has 14 heavy (non-hydrogen) atoms. The minimum absolute atomic E-state index is 0.275. The SMILES string of the molecule is CONCc1cn(C)c(=O)n(C)c1=O. The first-order valence-electron chi connectivity index (χ1n) is 4.09. The first-order valence-corrected chi connectivity index (χ1v) is 4.09. The molecular formula is C8H13N3O3. The van der Waals surface area contributed by atoms with Crippen LogP contribution in [0.15, 0.2) is 15.8 Å². The second-order valence-corrected chi connectivity index (χ2v) is 2.94. The summed E-state index contributed by atoms with van der Waals surface area (Å²) in [6.07, 6.45) is 1.50. The first kappa shape index (κ1) is 10.7. The van der Waals surface area contributed by atoms with Crippen LogP contribution in [-0.4, -0.2) is 16.2 Å². The quantitative estimate of drug-likeness (QED) is 0.617. The molecule has 1 heterocycles. The van der Waals surface area contributed by atoms with E-state index in [1.807, 2.05) is 0 Å². The molecule has 1 aromatic rings.